The summed E-state index contributed by atoms with van der Waals surface area (Å²) in [5.74, 6) is -0.539. The molecule has 0 radical (unpaired) electrons. The van der Waals surface area contributed by atoms with Gasteiger partial charge in [-0.2, -0.15) is 0 Å². The van der Waals surface area contributed by atoms with E-state index in [1.807, 2.05) is 6.07 Å². The number of anilines is 1. The molecule has 0 aromatic heterocycles. The highest BCUT2D eigenvalue weighted by Crippen LogP contribution is 2.29. The number of carbonyl (C=O) groups excluding carboxylic acids is 2. The molecule has 136 valence electrons. The van der Waals surface area contributed by atoms with E-state index >= 15 is 0 Å². The van der Waals surface area contributed by atoms with Crippen LogP contribution < -0.4 is 15.0 Å². The first-order chi connectivity index (χ1) is 12.4. The molecule has 1 heterocycles. The summed E-state index contributed by atoms with van der Waals surface area (Å²) >= 11 is 0. The van der Waals surface area contributed by atoms with Gasteiger partial charge in [-0.1, -0.05) is 6.07 Å². The Balaban J connectivity index is 1.74. The molecule has 1 atom stereocenters. The number of rotatable bonds is 4. The van der Waals surface area contributed by atoms with Gasteiger partial charge in [0.1, 0.15) is 0 Å². The van der Waals surface area contributed by atoms with E-state index in [0.717, 1.165) is 17.7 Å². The van der Waals surface area contributed by atoms with Gasteiger partial charge in [-0.05, 0) is 54.8 Å². The molecule has 3 rings (SSSR count). The van der Waals surface area contributed by atoms with E-state index < -0.39 is 5.82 Å². The second kappa shape index (κ2) is 7.15. The predicted octanol–water partition coefficient (Wildman–Crippen LogP) is 3.23. The van der Waals surface area contributed by atoms with Crippen LogP contribution in [0.2, 0.25) is 0 Å². The van der Waals surface area contributed by atoms with Crippen molar-refractivity contribution in [2.75, 3.05) is 18.6 Å². The first-order valence-corrected chi connectivity index (χ1v) is 8.46. The third-order valence-electron chi connectivity index (χ3n) is 4.64. The Morgan fingerprint density at radius 1 is 1.23 bits per heavy atom. The van der Waals surface area contributed by atoms with Crippen LogP contribution >= 0.6 is 0 Å². The van der Waals surface area contributed by atoms with Crippen LogP contribution in [0.3, 0.4) is 0 Å². The van der Waals surface area contributed by atoms with Crippen LogP contribution in [0.5, 0.6) is 5.75 Å². The van der Waals surface area contributed by atoms with Gasteiger partial charge >= 0.3 is 0 Å². The topological polar surface area (TPSA) is 58.6 Å². The molecule has 2 amide bonds. The van der Waals surface area contributed by atoms with E-state index in [1.165, 1.54) is 20.1 Å². The molecule has 0 fully saturated rings. The predicted molar refractivity (Wildman–Crippen MR) is 97.0 cm³/mol. The van der Waals surface area contributed by atoms with Gasteiger partial charge in [-0.3, -0.25) is 9.59 Å². The van der Waals surface area contributed by atoms with Crippen molar-refractivity contribution in [3.63, 3.8) is 0 Å². The maximum atomic E-state index is 13.9. The van der Waals surface area contributed by atoms with Crippen LogP contribution in [0.25, 0.3) is 0 Å². The second-order valence-electron chi connectivity index (χ2n) is 6.35. The number of nitrogens with zero attached hydrogens (tertiary/aromatic N) is 1. The summed E-state index contributed by atoms with van der Waals surface area (Å²) in [6.45, 7) is 3.96. The zero-order valence-corrected chi connectivity index (χ0v) is 15.0. The lowest BCUT2D eigenvalue weighted by atomic mass is 10.1. The summed E-state index contributed by atoms with van der Waals surface area (Å²) in [6, 6.07) is 9.59. The van der Waals surface area contributed by atoms with E-state index in [4.69, 9.17) is 4.74 Å². The third-order valence-corrected chi connectivity index (χ3v) is 4.64. The van der Waals surface area contributed by atoms with Crippen molar-refractivity contribution in [2.45, 2.75) is 26.3 Å². The summed E-state index contributed by atoms with van der Waals surface area (Å²) in [5.41, 5.74) is 3.02. The van der Waals surface area contributed by atoms with E-state index in [0.29, 0.717) is 17.7 Å². The van der Waals surface area contributed by atoms with Crippen LogP contribution in [-0.2, 0) is 11.2 Å². The summed E-state index contributed by atoms with van der Waals surface area (Å²) in [4.78, 5) is 25.9. The van der Waals surface area contributed by atoms with Crippen molar-refractivity contribution in [3.05, 3.63) is 58.9 Å². The average Bonchev–Trinajstić information content (AvgIpc) is 3.04. The highest BCUT2D eigenvalue weighted by Gasteiger charge is 2.23. The number of ether oxygens (including phenoxy) is 1. The average molecular weight is 356 g/mol. The molecule has 1 aliphatic heterocycles. The van der Waals surface area contributed by atoms with Crippen LogP contribution in [0, 0.1) is 5.82 Å². The smallest absolute Gasteiger partial charge is 0.251 e. The summed E-state index contributed by atoms with van der Waals surface area (Å²) in [6.07, 6.45) is 0.731. The SMILES string of the molecule is COc1ccc(C(C)NC(=O)c2ccc3c(c2)CCN3C(C)=O)cc1F. The Bertz CT molecular complexity index is 866. The largest absolute Gasteiger partial charge is 0.494 e. The lowest BCUT2D eigenvalue weighted by Crippen LogP contribution is -2.27. The molecular weight excluding hydrogens is 335 g/mol. The maximum absolute atomic E-state index is 13.9. The van der Waals surface area contributed by atoms with Crippen molar-refractivity contribution in [3.8, 4) is 5.75 Å². The van der Waals surface area contributed by atoms with Crippen molar-refractivity contribution in [2.24, 2.45) is 0 Å². The van der Waals surface area contributed by atoms with Gasteiger partial charge in [0, 0.05) is 24.7 Å². The van der Waals surface area contributed by atoms with Gasteiger partial charge in [-0.25, -0.2) is 4.39 Å². The number of carbonyl (C=O) groups is 2. The first-order valence-electron chi connectivity index (χ1n) is 8.46. The van der Waals surface area contributed by atoms with E-state index in [9.17, 15) is 14.0 Å². The van der Waals surface area contributed by atoms with Gasteiger partial charge < -0.3 is 15.0 Å². The molecule has 0 bridgehead atoms. The summed E-state index contributed by atoms with van der Waals surface area (Å²) in [5, 5.41) is 2.88. The molecule has 5 nitrogen and oxygen atoms in total. The molecule has 2 aromatic rings. The van der Waals surface area contributed by atoms with Gasteiger partial charge in [0.15, 0.2) is 11.6 Å². The second-order valence-corrected chi connectivity index (χ2v) is 6.35. The van der Waals surface area contributed by atoms with Crippen molar-refractivity contribution < 1.29 is 18.7 Å². The Morgan fingerprint density at radius 2 is 2.00 bits per heavy atom. The van der Waals surface area contributed by atoms with E-state index in [2.05, 4.69) is 5.32 Å². The molecule has 0 spiro atoms. The van der Waals surface area contributed by atoms with Crippen LogP contribution in [0.1, 0.15) is 41.4 Å². The van der Waals surface area contributed by atoms with Crippen molar-refractivity contribution in [1.29, 1.82) is 0 Å². The Hall–Kier alpha value is -2.89. The number of nitrogens with one attached hydrogen (secondary N) is 1. The molecule has 0 saturated carbocycles. The summed E-state index contributed by atoms with van der Waals surface area (Å²) < 4.78 is 18.8. The number of amides is 2. The number of methoxy groups -OCH3 is 1. The number of hydrogen-bond donors (Lipinski definition) is 1. The normalized spacial score (nSPS) is 13.9. The molecule has 1 N–H and O–H groups in total. The fourth-order valence-electron chi connectivity index (χ4n) is 3.19. The highest BCUT2D eigenvalue weighted by molar-refractivity contribution is 5.98. The van der Waals surface area contributed by atoms with Crippen LogP contribution in [0.15, 0.2) is 36.4 Å². The molecule has 26 heavy (non-hydrogen) atoms. The molecule has 1 aliphatic rings. The fraction of sp³-hybridized carbons (Fsp3) is 0.300. The standard InChI is InChI=1S/C20H21FN2O3/c1-12(14-5-7-19(26-3)17(21)11-14)22-20(25)16-4-6-18-15(10-16)8-9-23(18)13(2)24/h4-7,10-12H,8-9H2,1-3H3,(H,22,25). The number of fused-ring (bicyclic) bond motifs is 1. The Morgan fingerprint density at radius 3 is 2.65 bits per heavy atom. The number of halogens is 1. The zero-order chi connectivity index (χ0) is 18.8. The number of benzene rings is 2. The molecule has 2 aromatic carbocycles. The maximum Gasteiger partial charge on any atom is 0.251 e. The quantitative estimate of drug-likeness (QED) is 0.915. The minimum absolute atomic E-state index is 0.00361. The Labute approximate surface area is 151 Å². The molecule has 1 unspecified atom stereocenters. The van der Waals surface area contributed by atoms with Gasteiger partial charge in [0.25, 0.3) is 5.91 Å². The van der Waals surface area contributed by atoms with Gasteiger partial charge in [0.05, 0.1) is 13.2 Å². The number of hydrogen-bond acceptors (Lipinski definition) is 3. The molecule has 0 saturated heterocycles. The van der Waals surface area contributed by atoms with Crippen molar-refractivity contribution >= 4 is 17.5 Å². The zero-order valence-electron chi connectivity index (χ0n) is 15.0. The van der Waals surface area contributed by atoms with E-state index in [-0.39, 0.29) is 23.6 Å². The molecular formula is C20H21FN2O3. The highest BCUT2D eigenvalue weighted by atomic mass is 19.1. The lowest BCUT2D eigenvalue weighted by Gasteiger charge is -2.17. The van der Waals surface area contributed by atoms with Gasteiger partial charge in [0.2, 0.25) is 5.91 Å². The van der Waals surface area contributed by atoms with Crippen LogP contribution in [0.4, 0.5) is 10.1 Å². The third kappa shape index (κ3) is 3.40. The minimum atomic E-state index is -0.465. The Kier molecular flexibility index (Phi) is 4.93. The van der Waals surface area contributed by atoms with Crippen molar-refractivity contribution in [1.82, 2.24) is 5.32 Å². The first kappa shape index (κ1) is 17.9. The van der Waals surface area contributed by atoms with Crippen LogP contribution in [-0.4, -0.2) is 25.5 Å². The molecule has 0 aliphatic carbocycles. The minimum Gasteiger partial charge on any atom is -0.494 e. The lowest BCUT2D eigenvalue weighted by molar-refractivity contribution is -0.116. The monoisotopic (exact) mass is 356 g/mol. The van der Waals surface area contributed by atoms with Gasteiger partial charge in [-0.15, -0.1) is 0 Å². The fourth-order valence-corrected chi connectivity index (χ4v) is 3.19. The van der Waals surface area contributed by atoms with E-state index in [1.54, 1.807) is 36.1 Å². The summed E-state index contributed by atoms with van der Waals surface area (Å²) in [7, 11) is 1.41. The molecule has 6 heteroatoms.